The summed E-state index contributed by atoms with van der Waals surface area (Å²) in [5.74, 6) is 0.885. The monoisotopic (exact) mass is 521 g/mol. The van der Waals surface area contributed by atoms with E-state index in [1.165, 1.54) is 28.8 Å². The van der Waals surface area contributed by atoms with Crippen molar-refractivity contribution in [1.82, 2.24) is 19.5 Å². The fourth-order valence-electron chi connectivity index (χ4n) is 5.26. The number of piperidine rings is 1. The van der Waals surface area contributed by atoms with Crippen LogP contribution in [0.4, 0.5) is 19.1 Å². The molecule has 8 heteroatoms. The standard InChI is InChI=1S/C30H34F3N5/c1-19-6-9-24(29(2,3)4)16-22(19)17-25-26-27(34-18-37(26)5)36-28(35-25)38-14-12-21(13-15-38)20-7-10-23(11-8-20)30(31,32)33/h6-11,16,18,21H,12-15,17H2,1-5H3. The maximum atomic E-state index is 13.0. The van der Waals surface area contributed by atoms with Crippen molar-refractivity contribution >= 4 is 17.1 Å². The molecule has 0 bridgehead atoms. The number of anilines is 1. The van der Waals surface area contributed by atoms with Crippen LogP contribution >= 0.6 is 0 Å². The zero-order chi connectivity index (χ0) is 27.2. The van der Waals surface area contributed by atoms with Gasteiger partial charge in [0.05, 0.1) is 17.6 Å². The van der Waals surface area contributed by atoms with E-state index >= 15 is 0 Å². The minimum absolute atomic E-state index is 0.0541. The van der Waals surface area contributed by atoms with Crippen LogP contribution in [0.25, 0.3) is 11.2 Å². The Morgan fingerprint density at radius 2 is 1.58 bits per heavy atom. The number of imidazole rings is 1. The van der Waals surface area contributed by atoms with Gasteiger partial charge in [0.2, 0.25) is 5.95 Å². The van der Waals surface area contributed by atoms with Gasteiger partial charge < -0.3 is 9.47 Å². The maximum absolute atomic E-state index is 13.0. The fraction of sp³-hybridized carbons (Fsp3) is 0.433. The second-order valence-corrected chi connectivity index (χ2v) is 11.4. The molecule has 1 aliphatic heterocycles. The van der Waals surface area contributed by atoms with Crippen LogP contribution in [-0.2, 0) is 25.1 Å². The Morgan fingerprint density at radius 3 is 2.21 bits per heavy atom. The SMILES string of the molecule is Cc1ccc(C(C)(C)C)cc1Cc1nc(N2CCC(c3ccc(C(F)(F)F)cc3)CC2)nc2ncn(C)c12. The third-order valence-corrected chi connectivity index (χ3v) is 7.69. The zero-order valence-electron chi connectivity index (χ0n) is 22.6. The van der Waals surface area contributed by atoms with Gasteiger partial charge >= 0.3 is 6.18 Å². The maximum Gasteiger partial charge on any atom is 0.416 e. The summed E-state index contributed by atoms with van der Waals surface area (Å²) in [7, 11) is 1.97. The topological polar surface area (TPSA) is 46.8 Å². The third-order valence-electron chi connectivity index (χ3n) is 7.69. The normalized spacial score (nSPS) is 15.4. The highest BCUT2D eigenvalue weighted by Crippen LogP contribution is 2.34. The van der Waals surface area contributed by atoms with Crippen LogP contribution < -0.4 is 4.90 Å². The minimum Gasteiger partial charge on any atom is -0.341 e. The Kier molecular flexibility index (Phi) is 6.70. The van der Waals surface area contributed by atoms with Crippen molar-refractivity contribution in [3.05, 3.63) is 82.3 Å². The highest BCUT2D eigenvalue weighted by atomic mass is 19.4. The van der Waals surface area contributed by atoms with Gasteiger partial charge in [-0.1, -0.05) is 51.1 Å². The van der Waals surface area contributed by atoms with Crippen LogP contribution in [0.1, 0.15) is 73.0 Å². The molecule has 2 aromatic carbocycles. The molecule has 4 aromatic rings. The van der Waals surface area contributed by atoms with Gasteiger partial charge in [0.25, 0.3) is 0 Å². The summed E-state index contributed by atoms with van der Waals surface area (Å²) in [4.78, 5) is 16.6. The molecule has 0 atom stereocenters. The summed E-state index contributed by atoms with van der Waals surface area (Å²) < 4.78 is 40.8. The quantitative estimate of drug-likeness (QED) is 0.291. The summed E-state index contributed by atoms with van der Waals surface area (Å²) >= 11 is 0. The molecule has 2 aromatic heterocycles. The van der Waals surface area contributed by atoms with Crippen molar-refractivity contribution < 1.29 is 13.2 Å². The smallest absolute Gasteiger partial charge is 0.341 e. The molecule has 3 heterocycles. The Morgan fingerprint density at radius 1 is 0.921 bits per heavy atom. The van der Waals surface area contributed by atoms with E-state index in [-0.39, 0.29) is 11.3 Å². The van der Waals surface area contributed by atoms with E-state index < -0.39 is 11.7 Å². The average molecular weight is 522 g/mol. The molecule has 0 spiro atoms. The Labute approximate surface area is 221 Å². The molecule has 1 saturated heterocycles. The first kappa shape index (κ1) is 26.2. The van der Waals surface area contributed by atoms with Gasteiger partial charge in [-0.3, -0.25) is 0 Å². The number of hydrogen-bond donors (Lipinski definition) is 0. The predicted octanol–water partition coefficient (Wildman–Crippen LogP) is 6.96. The number of rotatable bonds is 4. The zero-order valence-corrected chi connectivity index (χ0v) is 22.6. The molecule has 5 nitrogen and oxygen atoms in total. The van der Waals surface area contributed by atoms with Crippen LogP contribution in [0.3, 0.4) is 0 Å². The van der Waals surface area contributed by atoms with Gasteiger partial charge in [0.15, 0.2) is 5.65 Å². The van der Waals surface area contributed by atoms with Gasteiger partial charge in [-0.25, -0.2) is 9.97 Å². The van der Waals surface area contributed by atoms with E-state index in [9.17, 15) is 13.2 Å². The van der Waals surface area contributed by atoms with Crippen LogP contribution in [0.5, 0.6) is 0 Å². The number of hydrogen-bond acceptors (Lipinski definition) is 4. The molecule has 0 unspecified atom stereocenters. The molecule has 0 amide bonds. The Hall–Kier alpha value is -3.42. The van der Waals surface area contributed by atoms with E-state index in [1.54, 1.807) is 18.5 Å². The van der Waals surface area contributed by atoms with Gasteiger partial charge in [0.1, 0.15) is 5.52 Å². The van der Waals surface area contributed by atoms with Crippen LogP contribution in [0, 0.1) is 6.92 Å². The van der Waals surface area contributed by atoms with Crippen molar-refractivity contribution in [3.63, 3.8) is 0 Å². The van der Waals surface area contributed by atoms with E-state index in [0.29, 0.717) is 18.0 Å². The van der Waals surface area contributed by atoms with Gasteiger partial charge in [-0.15, -0.1) is 0 Å². The number of alkyl halides is 3. The van der Waals surface area contributed by atoms with Crippen LogP contribution in [-0.4, -0.2) is 32.6 Å². The molecular formula is C30H34F3N5. The molecule has 5 rings (SSSR count). The van der Waals surface area contributed by atoms with Crippen molar-refractivity contribution in [1.29, 1.82) is 0 Å². The molecule has 0 radical (unpaired) electrons. The highest BCUT2D eigenvalue weighted by Gasteiger charge is 2.31. The van der Waals surface area contributed by atoms with Crippen molar-refractivity contribution in [3.8, 4) is 0 Å². The number of fused-ring (bicyclic) bond motifs is 1. The number of aryl methyl sites for hydroxylation is 2. The van der Waals surface area contributed by atoms with Crippen molar-refractivity contribution in [2.75, 3.05) is 18.0 Å². The van der Waals surface area contributed by atoms with Gasteiger partial charge in [-0.2, -0.15) is 18.2 Å². The first-order valence-corrected chi connectivity index (χ1v) is 13.1. The first-order valence-electron chi connectivity index (χ1n) is 13.1. The van der Waals surface area contributed by atoms with Gasteiger partial charge in [0, 0.05) is 26.6 Å². The second-order valence-electron chi connectivity index (χ2n) is 11.4. The summed E-state index contributed by atoms with van der Waals surface area (Å²) in [6, 6.07) is 12.3. The number of nitrogens with zero attached hydrogens (tertiary/aromatic N) is 5. The van der Waals surface area contributed by atoms with E-state index in [0.717, 1.165) is 42.7 Å². The molecule has 0 aliphatic carbocycles. The minimum atomic E-state index is -4.31. The van der Waals surface area contributed by atoms with E-state index in [1.807, 2.05) is 11.6 Å². The lowest BCUT2D eigenvalue weighted by Crippen LogP contribution is -2.34. The van der Waals surface area contributed by atoms with Crippen LogP contribution in [0.15, 0.2) is 48.8 Å². The predicted molar refractivity (Wildman–Crippen MR) is 145 cm³/mol. The van der Waals surface area contributed by atoms with E-state index in [2.05, 4.69) is 55.8 Å². The van der Waals surface area contributed by atoms with Crippen LogP contribution in [0.2, 0.25) is 0 Å². The largest absolute Gasteiger partial charge is 0.416 e. The third kappa shape index (κ3) is 5.26. The molecule has 0 saturated carbocycles. The summed E-state index contributed by atoms with van der Waals surface area (Å²) in [6.07, 6.45) is -0.188. The number of aromatic nitrogens is 4. The first-order chi connectivity index (χ1) is 17.9. The molecule has 1 fully saturated rings. The lowest BCUT2D eigenvalue weighted by molar-refractivity contribution is -0.137. The number of benzene rings is 2. The summed E-state index contributed by atoms with van der Waals surface area (Å²) in [5, 5.41) is 0. The fourth-order valence-corrected chi connectivity index (χ4v) is 5.26. The molecule has 0 N–H and O–H groups in total. The molecule has 38 heavy (non-hydrogen) atoms. The highest BCUT2D eigenvalue weighted by molar-refractivity contribution is 5.75. The summed E-state index contributed by atoms with van der Waals surface area (Å²) in [6.45, 7) is 10.3. The number of halogens is 3. The van der Waals surface area contributed by atoms with Crippen molar-refractivity contribution in [2.24, 2.45) is 7.05 Å². The Bertz CT molecular complexity index is 1440. The average Bonchev–Trinajstić information content (AvgIpc) is 3.25. The molecule has 200 valence electrons. The van der Waals surface area contributed by atoms with Crippen molar-refractivity contribution in [2.45, 2.75) is 64.5 Å². The summed E-state index contributed by atoms with van der Waals surface area (Å²) in [5.41, 5.74) is 6.73. The molecule has 1 aliphatic rings. The van der Waals surface area contributed by atoms with Gasteiger partial charge in [-0.05, 0) is 65.5 Å². The lowest BCUT2D eigenvalue weighted by atomic mass is 9.84. The Balaban J connectivity index is 1.39. The second kappa shape index (κ2) is 9.71. The lowest BCUT2D eigenvalue weighted by Gasteiger charge is -2.32. The van der Waals surface area contributed by atoms with E-state index in [4.69, 9.17) is 9.97 Å². The molecular weight excluding hydrogens is 487 g/mol.